The Kier molecular flexibility index (Phi) is 2.11. The highest BCUT2D eigenvalue weighted by atomic mass is 35.5. The lowest BCUT2D eigenvalue weighted by Gasteiger charge is -2.00. The summed E-state index contributed by atoms with van der Waals surface area (Å²) in [4.78, 5) is 14.2. The second kappa shape index (κ2) is 3.17. The van der Waals surface area contributed by atoms with Gasteiger partial charge in [-0.2, -0.15) is 0 Å². The van der Waals surface area contributed by atoms with Gasteiger partial charge in [0.1, 0.15) is 0 Å². The van der Waals surface area contributed by atoms with Crippen molar-refractivity contribution in [1.29, 1.82) is 0 Å². The molecule has 0 spiro atoms. The van der Waals surface area contributed by atoms with Crippen LogP contribution in [0.3, 0.4) is 0 Å². The molecule has 4 heteroatoms. The Labute approximate surface area is 86.3 Å². The maximum atomic E-state index is 11.5. The Hall–Kier alpha value is -1.22. The number of hydrogen-bond donors (Lipinski definition) is 1. The van der Waals surface area contributed by atoms with Gasteiger partial charge in [0.2, 0.25) is 0 Å². The molecule has 1 aromatic carbocycles. The Balaban J connectivity index is 2.89. The van der Waals surface area contributed by atoms with Crippen LogP contribution >= 0.6 is 11.6 Å². The first-order valence-corrected chi connectivity index (χ1v) is 4.90. The van der Waals surface area contributed by atoms with E-state index in [-0.39, 0.29) is 5.69 Å². The second-order valence-corrected chi connectivity index (χ2v) is 3.70. The number of rotatable bonds is 1. The molecule has 2 rings (SSSR count). The molecule has 2 aromatic rings. The zero-order chi connectivity index (χ0) is 10.3. The molecule has 1 N–H and O–H groups in total. The van der Waals surface area contributed by atoms with Gasteiger partial charge in [-0.05, 0) is 31.5 Å². The van der Waals surface area contributed by atoms with Crippen LogP contribution in [0.5, 0.6) is 0 Å². The molecule has 0 atom stereocenters. The zero-order valence-corrected chi connectivity index (χ0v) is 8.85. The number of H-pyrrole nitrogens is 1. The van der Waals surface area contributed by atoms with Crippen molar-refractivity contribution in [2.24, 2.45) is 0 Å². The molecule has 0 saturated heterocycles. The molecule has 0 unspecified atom stereocenters. The number of fused-ring (bicyclic) bond motifs is 1. The van der Waals surface area contributed by atoms with Crippen molar-refractivity contribution in [3.05, 3.63) is 33.2 Å². The van der Waals surface area contributed by atoms with Gasteiger partial charge in [-0.15, -0.1) is 0 Å². The van der Waals surface area contributed by atoms with Crippen LogP contribution in [0.25, 0.3) is 11.0 Å². The minimum absolute atomic E-state index is 0.0795. The van der Waals surface area contributed by atoms with Crippen LogP contribution in [0, 0.1) is 6.92 Å². The fraction of sp³-hybridized carbons (Fsp3) is 0.300. The van der Waals surface area contributed by atoms with Crippen LogP contribution in [0.15, 0.2) is 16.9 Å². The van der Waals surface area contributed by atoms with Crippen molar-refractivity contribution in [3.8, 4) is 0 Å². The normalized spacial score (nSPS) is 11.1. The molecule has 0 radical (unpaired) electrons. The molecule has 1 aromatic heterocycles. The first kappa shape index (κ1) is 9.34. The fourth-order valence-electron chi connectivity index (χ4n) is 1.60. The predicted octanol–water partition coefficient (Wildman–Crippen LogP) is 2.31. The summed E-state index contributed by atoms with van der Waals surface area (Å²) in [7, 11) is 0. The Morgan fingerprint density at radius 1 is 1.50 bits per heavy atom. The standard InChI is InChI=1S/C10H11ClN2O/c1-3-13-9-4-6(2)7(11)5-8(9)12-10(13)14/h4-5H,3H2,1-2H3,(H,12,14). The van der Waals surface area contributed by atoms with Crippen LogP contribution in [0.2, 0.25) is 5.02 Å². The molecule has 0 amide bonds. The van der Waals surface area contributed by atoms with Gasteiger partial charge in [-0.1, -0.05) is 11.6 Å². The number of aromatic nitrogens is 2. The van der Waals surface area contributed by atoms with Gasteiger partial charge in [0.05, 0.1) is 11.0 Å². The van der Waals surface area contributed by atoms with E-state index >= 15 is 0 Å². The summed E-state index contributed by atoms with van der Waals surface area (Å²) in [5.41, 5.74) is 2.62. The van der Waals surface area contributed by atoms with E-state index in [0.717, 1.165) is 16.6 Å². The number of benzene rings is 1. The molecule has 3 nitrogen and oxygen atoms in total. The molecule has 0 bridgehead atoms. The van der Waals surface area contributed by atoms with E-state index in [1.165, 1.54) is 0 Å². The average molecular weight is 211 g/mol. The topological polar surface area (TPSA) is 37.8 Å². The van der Waals surface area contributed by atoms with Gasteiger partial charge < -0.3 is 4.98 Å². The number of halogens is 1. The molecule has 0 saturated carbocycles. The molecule has 74 valence electrons. The number of aromatic amines is 1. The molecule has 14 heavy (non-hydrogen) atoms. The molecule has 0 aliphatic rings. The van der Waals surface area contributed by atoms with Crippen molar-refractivity contribution in [3.63, 3.8) is 0 Å². The quantitative estimate of drug-likeness (QED) is 0.771. The third-order valence-electron chi connectivity index (χ3n) is 2.37. The summed E-state index contributed by atoms with van der Waals surface area (Å²) in [5, 5.41) is 0.682. The van der Waals surface area contributed by atoms with Crippen LogP contribution in [-0.4, -0.2) is 9.55 Å². The van der Waals surface area contributed by atoms with E-state index in [4.69, 9.17) is 11.6 Å². The van der Waals surface area contributed by atoms with Crippen molar-refractivity contribution in [2.75, 3.05) is 0 Å². The van der Waals surface area contributed by atoms with Crippen molar-refractivity contribution < 1.29 is 0 Å². The number of nitrogens with one attached hydrogen (secondary N) is 1. The molecular weight excluding hydrogens is 200 g/mol. The molecule has 0 aliphatic carbocycles. The van der Waals surface area contributed by atoms with Gasteiger partial charge in [0.25, 0.3) is 0 Å². The summed E-state index contributed by atoms with van der Waals surface area (Å²) in [6.07, 6.45) is 0. The van der Waals surface area contributed by atoms with Crippen molar-refractivity contribution >= 4 is 22.6 Å². The monoisotopic (exact) mass is 210 g/mol. The maximum absolute atomic E-state index is 11.5. The van der Waals surface area contributed by atoms with E-state index in [1.807, 2.05) is 19.9 Å². The van der Waals surface area contributed by atoms with Crippen molar-refractivity contribution in [2.45, 2.75) is 20.4 Å². The van der Waals surface area contributed by atoms with Crippen molar-refractivity contribution in [1.82, 2.24) is 9.55 Å². The van der Waals surface area contributed by atoms with E-state index in [0.29, 0.717) is 11.6 Å². The number of hydrogen-bond acceptors (Lipinski definition) is 1. The lowest BCUT2D eigenvalue weighted by Crippen LogP contribution is -2.14. The van der Waals surface area contributed by atoms with Crippen LogP contribution < -0.4 is 5.69 Å². The summed E-state index contributed by atoms with van der Waals surface area (Å²) >= 11 is 5.96. The summed E-state index contributed by atoms with van der Waals surface area (Å²) in [5.74, 6) is 0. The number of nitrogens with zero attached hydrogens (tertiary/aromatic N) is 1. The maximum Gasteiger partial charge on any atom is 0.326 e. The van der Waals surface area contributed by atoms with Gasteiger partial charge in [-0.3, -0.25) is 4.57 Å². The average Bonchev–Trinajstić information content (AvgIpc) is 2.42. The summed E-state index contributed by atoms with van der Waals surface area (Å²) < 4.78 is 1.69. The van der Waals surface area contributed by atoms with Crippen LogP contribution in [-0.2, 0) is 6.54 Å². The molecule has 0 aliphatic heterocycles. The Morgan fingerprint density at radius 2 is 2.21 bits per heavy atom. The minimum Gasteiger partial charge on any atom is -0.305 e. The third kappa shape index (κ3) is 1.24. The highest BCUT2D eigenvalue weighted by Crippen LogP contribution is 2.21. The first-order valence-electron chi connectivity index (χ1n) is 4.52. The highest BCUT2D eigenvalue weighted by molar-refractivity contribution is 6.32. The molecule has 0 fully saturated rings. The smallest absolute Gasteiger partial charge is 0.305 e. The Bertz CT molecular complexity index is 539. The SMILES string of the molecule is CCn1c(=O)[nH]c2cc(Cl)c(C)cc21. The minimum atomic E-state index is -0.0795. The van der Waals surface area contributed by atoms with Gasteiger partial charge in [0.15, 0.2) is 0 Å². The third-order valence-corrected chi connectivity index (χ3v) is 2.78. The number of aryl methyl sites for hydroxylation is 2. The van der Waals surface area contributed by atoms with Gasteiger partial charge in [0, 0.05) is 11.6 Å². The second-order valence-electron chi connectivity index (χ2n) is 3.29. The van der Waals surface area contributed by atoms with E-state index in [1.54, 1.807) is 10.6 Å². The summed E-state index contributed by atoms with van der Waals surface area (Å²) in [6, 6.07) is 3.72. The van der Waals surface area contributed by atoms with E-state index in [2.05, 4.69) is 4.98 Å². The lowest BCUT2D eigenvalue weighted by atomic mass is 10.2. The predicted molar refractivity (Wildman–Crippen MR) is 58.0 cm³/mol. The first-order chi connectivity index (χ1) is 6.63. The van der Waals surface area contributed by atoms with Crippen LogP contribution in [0.4, 0.5) is 0 Å². The number of imidazole rings is 1. The molecular formula is C10H11ClN2O. The summed E-state index contributed by atoms with van der Waals surface area (Å²) in [6.45, 7) is 4.54. The van der Waals surface area contributed by atoms with E-state index < -0.39 is 0 Å². The molecule has 1 heterocycles. The zero-order valence-electron chi connectivity index (χ0n) is 8.10. The largest absolute Gasteiger partial charge is 0.326 e. The Morgan fingerprint density at radius 3 is 2.86 bits per heavy atom. The van der Waals surface area contributed by atoms with Gasteiger partial charge >= 0.3 is 5.69 Å². The van der Waals surface area contributed by atoms with Crippen LogP contribution in [0.1, 0.15) is 12.5 Å². The van der Waals surface area contributed by atoms with Gasteiger partial charge in [-0.25, -0.2) is 4.79 Å². The highest BCUT2D eigenvalue weighted by Gasteiger charge is 2.06. The fourth-order valence-corrected chi connectivity index (χ4v) is 1.76. The van der Waals surface area contributed by atoms with E-state index in [9.17, 15) is 4.79 Å². The lowest BCUT2D eigenvalue weighted by molar-refractivity contribution is 0.753.